The van der Waals surface area contributed by atoms with Crippen molar-refractivity contribution in [2.75, 3.05) is 39.3 Å². The summed E-state index contributed by atoms with van der Waals surface area (Å²) in [6, 6.07) is 0. The van der Waals surface area contributed by atoms with Gasteiger partial charge in [0.1, 0.15) is 0 Å². The lowest BCUT2D eigenvalue weighted by Gasteiger charge is -2.31. The van der Waals surface area contributed by atoms with Crippen molar-refractivity contribution >= 4 is 5.91 Å². The summed E-state index contributed by atoms with van der Waals surface area (Å²) in [6.45, 7) is 9.48. The molecule has 0 radical (unpaired) electrons. The maximum absolute atomic E-state index is 11.5. The average Bonchev–Trinajstić information content (AvgIpc) is 2.38. The number of terminal acetylenes is 1. The van der Waals surface area contributed by atoms with Crippen LogP contribution in [0.5, 0.6) is 0 Å². The van der Waals surface area contributed by atoms with E-state index in [0.717, 1.165) is 32.1 Å². The van der Waals surface area contributed by atoms with Crippen LogP contribution in [0.3, 0.4) is 0 Å². The summed E-state index contributed by atoms with van der Waals surface area (Å²) in [5.74, 6) is 3.91. The van der Waals surface area contributed by atoms with Gasteiger partial charge in [-0.05, 0) is 50.9 Å². The Bertz CT molecular complexity index is 301. The van der Waals surface area contributed by atoms with Crippen molar-refractivity contribution in [1.29, 1.82) is 0 Å². The molecular weight excluding hydrogens is 238 g/mol. The highest BCUT2D eigenvalue weighted by Gasteiger charge is 2.20. The molecule has 1 rings (SSSR count). The molecule has 108 valence electrons. The Balaban J connectivity index is 2.11. The SMILES string of the molecule is C#CCNC(=O)CN1CCC(CNCC(C)C)CC1. The Labute approximate surface area is 117 Å². The summed E-state index contributed by atoms with van der Waals surface area (Å²) < 4.78 is 0. The second kappa shape index (κ2) is 8.95. The van der Waals surface area contributed by atoms with Gasteiger partial charge in [-0.15, -0.1) is 6.42 Å². The molecule has 1 saturated heterocycles. The van der Waals surface area contributed by atoms with E-state index in [2.05, 4.69) is 35.3 Å². The summed E-state index contributed by atoms with van der Waals surface area (Å²) >= 11 is 0. The van der Waals surface area contributed by atoms with E-state index in [9.17, 15) is 4.79 Å². The van der Waals surface area contributed by atoms with Crippen molar-refractivity contribution in [1.82, 2.24) is 15.5 Å². The van der Waals surface area contributed by atoms with Crippen LogP contribution in [0.1, 0.15) is 26.7 Å². The largest absolute Gasteiger partial charge is 0.344 e. The summed E-state index contributed by atoms with van der Waals surface area (Å²) in [7, 11) is 0. The van der Waals surface area contributed by atoms with Crippen LogP contribution in [0.15, 0.2) is 0 Å². The molecule has 1 aliphatic heterocycles. The van der Waals surface area contributed by atoms with Gasteiger partial charge in [0, 0.05) is 0 Å². The summed E-state index contributed by atoms with van der Waals surface area (Å²) in [5, 5.41) is 6.23. The van der Waals surface area contributed by atoms with Crippen molar-refractivity contribution in [2.45, 2.75) is 26.7 Å². The van der Waals surface area contributed by atoms with Crippen molar-refractivity contribution in [3.8, 4) is 12.3 Å². The fourth-order valence-electron chi connectivity index (χ4n) is 2.33. The molecule has 4 nitrogen and oxygen atoms in total. The van der Waals surface area contributed by atoms with Crippen LogP contribution < -0.4 is 10.6 Å². The minimum absolute atomic E-state index is 0.0364. The third-order valence-electron chi connectivity index (χ3n) is 3.45. The molecule has 0 aliphatic carbocycles. The van der Waals surface area contributed by atoms with Gasteiger partial charge in [-0.3, -0.25) is 9.69 Å². The van der Waals surface area contributed by atoms with Crippen LogP contribution in [0.2, 0.25) is 0 Å². The number of carbonyl (C=O) groups is 1. The molecular formula is C15H27N3O. The molecule has 1 aliphatic rings. The Morgan fingerprint density at radius 3 is 2.68 bits per heavy atom. The number of carbonyl (C=O) groups excluding carboxylic acids is 1. The predicted molar refractivity (Wildman–Crippen MR) is 78.7 cm³/mol. The first-order chi connectivity index (χ1) is 9.11. The van der Waals surface area contributed by atoms with Crippen LogP contribution in [-0.4, -0.2) is 50.1 Å². The molecule has 0 bridgehead atoms. The molecule has 0 spiro atoms. The van der Waals surface area contributed by atoms with E-state index in [1.165, 1.54) is 12.8 Å². The van der Waals surface area contributed by atoms with Crippen LogP contribution in [-0.2, 0) is 4.79 Å². The van der Waals surface area contributed by atoms with E-state index in [4.69, 9.17) is 6.42 Å². The second-order valence-corrected chi connectivity index (χ2v) is 5.75. The molecule has 0 unspecified atom stereocenters. The lowest BCUT2D eigenvalue weighted by Crippen LogP contribution is -2.43. The van der Waals surface area contributed by atoms with Gasteiger partial charge in [0.15, 0.2) is 0 Å². The lowest BCUT2D eigenvalue weighted by atomic mass is 9.96. The van der Waals surface area contributed by atoms with Crippen molar-refractivity contribution < 1.29 is 4.79 Å². The Morgan fingerprint density at radius 2 is 2.11 bits per heavy atom. The minimum atomic E-state index is 0.0364. The zero-order valence-corrected chi connectivity index (χ0v) is 12.2. The maximum atomic E-state index is 11.5. The highest BCUT2D eigenvalue weighted by molar-refractivity contribution is 5.78. The van der Waals surface area contributed by atoms with Crippen LogP contribution in [0, 0.1) is 24.2 Å². The zero-order valence-electron chi connectivity index (χ0n) is 12.2. The van der Waals surface area contributed by atoms with Gasteiger partial charge in [-0.25, -0.2) is 0 Å². The number of piperidine rings is 1. The summed E-state index contributed by atoms with van der Waals surface area (Å²) in [4.78, 5) is 13.8. The minimum Gasteiger partial charge on any atom is -0.344 e. The van der Waals surface area contributed by atoms with Gasteiger partial charge in [0.25, 0.3) is 0 Å². The number of hydrogen-bond acceptors (Lipinski definition) is 3. The van der Waals surface area contributed by atoms with Gasteiger partial charge in [-0.2, -0.15) is 0 Å². The number of rotatable bonds is 7. The fourth-order valence-corrected chi connectivity index (χ4v) is 2.33. The van der Waals surface area contributed by atoms with E-state index in [1.807, 2.05) is 0 Å². The zero-order chi connectivity index (χ0) is 14.1. The van der Waals surface area contributed by atoms with Crippen molar-refractivity contribution in [2.24, 2.45) is 11.8 Å². The van der Waals surface area contributed by atoms with E-state index in [-0.39, 0.29) is 5.91 Å². The first-order valence-corrected chi connectivity index (χ1v) is 7.25. The lowest BCUT2D eigenvalue weighted by molar-refractivity contribution is -0.122. The smallest absolute Gasteiger partial charge is 0.234 e. The molecule has 4 heteroatoms. The third-order valence-corrected chi connectivity index (χ3v) is 3.45. The highest BCUT2D eigenvalue weighted by atomic mass is 16.2. The Hall–Kier alpha value is -1.05. The van der Waals surface area contributed by atoms with Gasteiger partial charge in [-0.1, -0.05) is 19.8 Å². The molecule has 1 heterocycles. The molecule has 0 atom stereocenters. The quantitative estimate of drug-likeness (QED) is 0.666. The molecule has 0 saturated carbocycles. The van der Waals surface area contributed by atoms with Gasteiger partial charge < -0.3 is 10.6 Å². The van der Waals surface area contributed by atoms with Crippen LogP contribution in [0.4, 0.5) is 0 Å². The first-order valence-electron chi connectivity index (χ1n) is 7.25. The number of hydrogen-bond donors (Lipinski definition) is 2. The summed E-state index contributed by atoms with van der Waals surface area (Å²) in [6.07, 6.45) is 7.46. The molecule has 19 heavy (non-hydrogen) atoms. The Kier molecular flexibility index (Phi) is 7.54. The standard InChI is InChI=1S/C15H27N3O/c1-4-7-17-15(19)12-18-8-5-14(6-9-18)11-16-10-13(2)3/h1,13-14,16H,5-12H2,2-3H3,(H,17,19). The molecule has 1 amide bonds. The van der Waals surface area contributed by atoms with Crippen molar-refractivity contribution in [3.05, 3.63) is 0 Å². The molecule has 0 aromatic rings. The van der Waals surface area contributed by atoms with E-state index < -0.39 is 0 Å². The first kappa shape index (κ1) is 16.0. The fraction of sp³-hybridized carbons (Fsp3) is 0.800. The van der Waals surface area contributed by atoms with Gasteiger partial charge in [0.05, 0.1) is 13.1 Å². The average molecular weight is 265 g/mol. The van der Waals surface area contributed by atoms with Crippen LogP contribution in [0.25, 0.3) is 0 Å². The highest BCUT2D eigenvalue weighted by Crippen LogP contribution is 2.15. The van der Waals surface area contributed by atoms with E-state index in [0.29, 0.717) is 19.0 Å². The summed E-state index contributed by atoms with van der Waals surface area (Å²) in [5.41, 5.74) is 0. The Morgan fingerprint density at radius 1 is 1.42 bits per heavy atom. The van der Waals surface area contributed by atoms with Crippen molar-refractivity contribution in [3.63, 3.8) is 0 Å². The normalized spacial score (nSPS) is 17.4. The molecule has 0 aromatic carbocycles. The second-order valence-electron chi connectivity index (χ2n) is 5.75. The van der Waals surface area contributed by atoms with Gasteiger partial charge >= 0.3 is 0 Å². The molecule has 1 fully saturated rings. The number of likely N-dealkylation sites (tertiary alicyclic amines) is 1. The van der Waals surface area contributed by atoms with E-state index >= 15 is 0 Å². The number of nitrogens with one attached hydrogen (secondary N) is 2. The predicted octanol–water partition coefficient (Wildman–Crippen LogP) is 0.693. The third kappa shape index (κ3) is 7.19. The molecule has 0 aromatic heterocycles. The molecule has 2 N–H and O–H groups in total. The van der Waals surface area contributed by atoms with E-state index in [1.54, 1.807) is 0 Å². The van der Waals surface area contributed by atoms with Crippen LogP contribution >= 0.6 is 0 Å². The van der Waals surface area contributed by atoms with Gasteiger partial charge in [0.2, 0.25) is 5.91 Å². The monoisotopic (exact) mass is 265 g/mol. The maximum Gasteiger partial charge on any atom is 0.234 e. The topological polar surface area (TPSA) is 44.4 Å². The number of amides is 1. The number of nitrogens with zero attached hydrogens (tertiary/aromatic N) is 1.